The van der Waals surface area contributed by atoms with Crippen molar-refractivity contribution in [3.8, 4) is 0 Å². The molecule has 0 saturated carbocycles. The lowest BCUT2D eigenvalue weighted by Crippen LogP contribution is -2.35. The predicted octanol–water partition coefficient (Wildman–Crippen LogP) is 3.36. The van der Waals surface area contributed by atoms with Gasteiger partial charge >= 0.3 is 0 Å². The van der Waals surface area contributed by atoms with Gasteiger partial charge in [0.15, 0.2) is 0 Å². The molecule has 0 spiro atoms. The molecule has 1 aliphatic rings. The van der Waals surface area contributed by atoms with Crippen LogP contribution in [0.1, 0.15) is 25.8 Å². The molecular weight excluding hydrogens is 340 g/mol. The van der Waals surface area contributed by atoms with E-state index < -0.39 is 6.04 Å². The SMILES string of the molecule is CCc1ccc(N2C(=O)C[C@@H](Nc3nc4ccccc4n3CC)C2=O)cc1. The first-order valence-electron chi connectivity index (χ1n) is 9.30. The van der Waals surface area contributed by atoms with Gasteiger partial charge < -0.3 is 9.88 Å². The fourth-order valence-electron chi connectivity index (χ4n) is 3.56. The molecular formula is C21H22N4O2. The van der Waals surface area contributed by atoms with Crippen LogP contribution in [0.4, 0.5) is 11.6 Å². The van der Waals surface area contributed by atoms with Crippen molar-refractivity contribution in [2.24, 2.45) is 0 Å². The summed E-state index contributed by atoms with van der Waals surface area (Å²) in [5.74, 6) is 0.188. The topological polar surface area (TPSA) is 67.2 Å². The number of anilines is 2. The third-order valence-electron chi connectivity index (χ3n) is 5.02. The molecule has 0 radical (unpaired) electrons. The van der Waals surface area contributed by atoms with Crippen LogP contribution in [0.5, 0.6) is 0 Å². The van der Waals surface area contributed by atoms with Crippen LogP contribution in [0.15, 0.2) is 48.5 Å². The number of rotatable bonds is 5. The second-order valence-electron chi connectivity index (χ2n) is 6.66. The molecule has 1 atom stereocenters. The quantitative estimate of drug-likeness (QED) is 0.707. The number of para-hydroxylation sites is 2. The molecule has 0 bridgehead atoms. The summed E-state index contributed by atoms with van der Waals surface area (Å²) in [6.07, 6.45) is 1.04. The van der Waals surface area contributed by atoms with Crippen molar-refractivity contribution < 1.29 is 9.59 Å². The maximum atomic E-state index is 12.9. The molecule has 2 heterocycles. The summed E-state index contributed by atoms with van der Waals surface area (Å²) in [5, 5.41) is 3.19. The summed E-state index contributed by atoms with van der Waals surface area (Å²) in [7, 11) is 0. The molecule has 6 heteroatoms. The fourth-order valence-corrected chi connectivity index (χ4v) is 3.56. The summed E-state index contributed by atoms with van der Waals surface area (Å²) in [4.78, 5) is 31.3. The van der Waals surface area contributed by atoms with Gasteiger partial charge in [0, 0.05) is 6.54 Å². The highest BCUT2D eigenvalue weighted by molar-refractivity contribution is 6.23. The molecule has 1 fully saturated rings. The fraction of sp³-hybridized carbons (Fsp3) is 0.286. The minimum Gasteiger partial charge on any atom is -0.343 e. The van der Waals surface area contributed by atoms with E-state index in [9.17, 15) is 9.59 Å². The van der Waals surface area contributed by atoms with E-state index in [4.69, 9.17) is 0 Å². The van der Waals surface area contributed by atoms with E-state index in [1.54, 1.807) is 0 Å². The smallest absolute Gasteiger partial charge is 0.256 e. The lowest BCUT2D eigenvalue weighted by atomic mass is 10.1. The molecule has 4 rings (SSSR count). The highest BCUT2D eigenvalue weighted by atomic mass is 16.2. The average Bonchev–Trinajstić information content (AvgIpc) is 3.18. The average molecular weight is 362 g/mol. The second kappa shape index (κ2) is 6.87. The van der Waals surface area contributed by atoms with Gasteiger partial charge in [0.2, 0.25) is 11.9 Å². The maximum absolute atomic E-state index is 12.9. The number of carbonyl (C=O) groups excluding carboxylic acids is 2. The van der Waals surface area contributed by atoms with Crippen molar-refractivity contribution >= 4 is 34.5 Å². The highest BCUT2D eigenvalue weighted by Gasteiger charge is 2.40. The number of aromatic nitrogens is 2. The molecule has 2 amide bonds. The number of imidazole rings is 1. The van der Waals surface area contributed by atoms with Gasteiger partial charge in [0.1, 0.15) is 6.04 Å². The van der Waals surface area contributed by atoms with Gasteiger partial charge in [-0.05, 0) is 43.2 Å². The number of hydrogen-bond acceptors (Lipinski definition) is 4. The normalized spacial score (nSPS) is 17.1. The minimum atomic E-state index is -0.606. The summed E-state index contributed by atoms with van der Waals surface area (Å²) in [6, 6.07) is 14.8. The predicted molar refractivity (Wildman–Crippen MR) is 106 cm³/mol. The Labute approximate surface area is 157 Å². The number of nitrogens with zero attached hydrogens (tertiary/aromatic N) is 3. The summed E-state index contributed by atoms with van der Waals surface area (Å²) in [6.45, 7) is 4.82. The van der Waals surface area contributed by atoms with Gasteiger partial charge in [-0.2, -0.15) is 0 Å². The lowest BCUT2D eigenvalue weighted by molar-refractivity contribution is -0.121. The van der Waals surface area contributed by atoms with Gasteiger partial charge in [-0.15, -0.1) is 0 Å². The molecule has 6 nitrogen and oxygen atoms in total. The monoisotopic (exact) mass is 362 g/mol. The van der Waals surface area contributed by atoms with Crippen molar-refractivity contribution in [1.82, 2.24) is 9.55 Å². The number of imide groups is 1. The second-order valence-corrected chi connectivity index (χ2v) is 6.66. The standard InChI is InChI=1S/C21H22N4O2/c1-3-14-9-11-15(12-10-14)25-19(26)13-17(20(25)27)23-21-22-16-7-5-6-8-18(16)24(21)4-2/h5-12,17H,3-4,13H2,1-2H3,(H,22,23)/t17-/m1/s1. The Bertz CT molecular complexity index is 1010. The van der Waals surface area contributed by atoms with Gasteiger partial charge in [-0.1, -0.05) is 31.2 Å². The minimum absolute atomic E-state index is 0.126. The molecule has 27 heavy (non-hydrogen) atoms. The first-order chi connectivity index (χ1) is 13.1. The van der Waals surface area contributed by atoms with Gasteiger partial charge in [0.05, 0.1) is 23.1 Å². The number of nitrogens with one attached hydrogen (secondary N) is 1. The van der Waals surface area contributed by atoms with Crippen molar-refractivity contribution in [2.45, 2.75) is 39.3 Å². The molecule has 0 aliphatic carbocycles. The lowest BCUT2D eigenvalue weighted by Gasteiger charge is -2.16. The number of amides is 2. The molecule has 1 aliphatic heterocycles. The largest absolute Gasteiger partial charge is 0.343 e. The third-order valence-corrected chi connectivity index (χ3v) is 5.02. The van der Waals surface area contributed by atoms with Crippen LogP contribution in [-0.2, 0) is 22.6 Å². The molecule has 1 saturated heterocycles. The zero-order chi connectivity index (χ0) is 19.0. The van der Waals surface area contributed by atoms with Crippen molar-refractivity contribution in [2.75, 3.05) is 10.2 Å². The van der Waals surface area contributed by atoms with Gasteiger partial charge in [0.25, 0.3) is 5.91 Å². The van der Waals surface area contributed by atoms with Crippen LogP contribution in [-0.4, -0.2) is 27.4 Å². The van der Waals surface area contributed by atoms with Crippen LogP contribution in [0, 0.1) is 0 Å². The number of benzene rings is 2. The summed E-state index contributed by atoms with van der Waals surface area (Å²) >= 11 is 0. The van der Waals surface area contributed by atoms with E-state index in [0.717, 1.165) is 24.0 Å². The molecule has 1 N–H and O–H groups in total. The van der Waals surface area contributed by atoms with E-state index in [-0.39, 0.29) is 18.2 Å². The molecule has 138 valence electrons. The Hall–Kier alpha value is -3.15. The molecule has 2 aromatic carbocycles. The zero-order valence-corrected chi connectivity index (χ0v) is 15.5. The Morgan fingerprint density at radius 2 is 1.81 bits per heavy atom. The van der Waals surface area contributed by atoms with Gasteiger partial charge in [-0.25, -0.2) is 9.88 Å². The Kier molecular flexibility index (Phi) is 4.39. The highest BCUT2D eigenvalue weighted by Crippen LogP contribution is 2.26. The van der Waals surface area contributed by atoms with E-state index in [2.05, 4.69) is 17.2 Å². The number of aryl methyl sites for hydroxylation is 2. The number of carbonyl (C=O) groups is 2. The Morgan fingerprint density at radius 1 is 1.07 bits per heavy atom. The Balaban J connectivity index is 1.60. The van der Waals surface area contributed by atoms with E-state index in [1.807, 2.05) is 60.0 Å². The van der Waals surface area contributed by atoms with Crippen LogP contribution in [0.25, 0.3) is 11.0 Å². The van der Waals surface area contributed by atoms with Crippen LogP contribution in [0.2, 0.25) is 0 Å². The number of fused-ring (bicyclic) bond motifs is 1. The molecule has 0 unspecified atom stereocenters. The van der Waals surface area contributed by atoms with Crippen LogP contribution >= 0.6 is 0 Å². The van der Waals surface area contributed by atoms with Crippen molar-refractivity contribution in [1.29, 1.82) is 0 Å². The van der Waals surface area contributed by atoms with E-state index >= 15 is 0 Å². The van der Waals surface area contributed by atoms with Crippen molar-refractivity contribution in [3.63, 3.8) is 0 Å². The van der Waals surface area contributed by atoms with E-state index in [0.29, 0.717) is 11.6 Å². The molecule has 3 aromatic rings. The third kappa shape index (κ3) is 2.97. The van der Waals surface area contributed by atoms with Crippen LogP contribution < -0.4 is 10.2 Å². The van der Waals surface area contributed by atoms with Gasteiger partial charge in [-0.3, -0.25) is 9.59 Å². The van der Waals surface area contributed by atoms with E-state index in [1.165, 1.54) is 10.5 Å². The summed E-state index contributed by atoms with van der Waals surface area (Å²) < 4.78 is 2.02. The first kappa shape index (κ1) is 17.3. The van der Waals surface area contributed by atoms with Crippen molar-refractivity contribution in [3.05, 3.63) is 54.1 Å². The first-order valence-corrected chi connectivity index (χ1v) is 9.30. The maximum Gasteiger partial charge on any atom is 0.256 e. The summed E-state index contributed by atoms with van der Waals surface area (Å²) in [5.41, 5.74) is 3.66. The number of hydrogen-bond donors (Lipinski definition) is 1. The van der Waals surface area contributed by atoms with Crippen LogP contribution in [0.3, 0.4) is 0 Å². The zero-order valence-electron chi connectivity index (χ0n) is 15.5. The molecule has 1 aromatic heterocycles. The Morgan fingerprint density at radius 3 is 2.52 bits per heavy atom.